The molecule has 1 N–H and O–H groups in total. The van der Waals surface area contributed by atoms with E-state index in [9.17, 15) is 26.4 Å². The van der Waals surface area contributed by atoms with E-state index in [4.69, 9.17) is 16.3 Å². The third-order valence-corrected chi connectivity index (χ3v) is 8.78. The van der Waals surface area contributed by atoms with Crippen molar-refractivity contribution in [2.24, 2.45) is 11.8 Å². The highest BCUT2D eigenvalue weighted by atomic mass is 35.5. The zero-order valence-electron chi connectivity index (χ0n) is 16.2. The number of carbonyl (C=O) groups is 1. The van der Waals surface area contributed by atoms with E-state index in [1.165, 1.54) is 12.1 Å². The van der Waals surface area contributed by atoms with Gasteiger partial charge in [0.25, 0.3) is 5.91 Å². The van der Waals surface area contributed by atoms with Crippen LogP contribution in [-0.4, -0.2) is 32.8 Å². The second-order valence-electron chi connectivity index (χ2n) is 7.82. The first-order valence-corrected chi connectivity index (χ1v) is 11.7. The fourth-order valence-corrected chi connectivity index (χ4v) is 7.31. The molecule has 4 rings (SSSR count). The van der Waals surface area contributed by atoms with Crippen LogP contribution in [0.25, 0.3) is 0 Å². The predicted molar refractivity (Wildman–Crippen MR) is 108 cm³/mol. The SMILES string of the molecule is O=C(Nc1cc(F)c(F)c(F)c1)c1ccc(Cl)c(S(=O)(=O)C2C3CC[C@H]2CCOC3)c1. The largest absolute Gasteiger partial charge is 0.381 e. The molecule has 5 nitrogen and oxygen atoms in total. The number of ether oxygens (including phenoxy) is 1. The highest BCUT2D eigenvalue weighted by Gasteiger charge is 2.46. The smallest absolute Gasteiger partial charge is 0.255 e. The summed E-state index contributed by atoms with van der Waals surface area (Å²) in [6.07, 6.45) is 2.17. The van der Waals surface area contributed by atoms with Crippen LogP contribution in [0.15, 0.2) is 35.2 Å². The number of amides is 1. The summed E-state index contributed by atoms with van der Waals surface area (Å²) in [5.74, 6) is -5.57. The molecule has 2 unspecified atom stereocenters. The van der Waals surface area contributed by atoms with Crippen molar-refractivity contribution in [2.45, 2.75) is 29.4 Å². The van der Waals surface area contributed by atoms with Gasteiger partial charge in [-0.2, -0.15) is 0 Å². The van der Waals surface area contributed by atoms with Crippen molar-refractivity contribution in [3.63, 3.8) is 0 Å². The lowest BCUT2D eigenvalue weighted by molar-refractivity contribution is 0.102. The topological polar surface area (TPSA) is 72.5 Å². The summed E-state index contributed by atoms with van der Waals surface area (Å²) < 4.78 is 72.4. The van der Waals surface area contributed by atoms with Gasteiger partial charge in [0, 0.05) is 30.0 Å². The fourth-order valence-electron chi connectivity index (χ4n) is 4.44. The zero-order chi connectivity index (χ0) is 22.3. The number of fused-ring (bicyclic) bond motifs is 2. The van der Waals surface area contributed by atoms with Crippen molar-refractivity contribution >= 4 is 33.0 Å². The molecular weight excluding hydrogens is 455 g/mol. The van der Waals surface area contributed by atoms with Crippen molar-refractivity contribution in [1.82, 2.24) is 0 Å². The van der Waals surface area contributed by atoms with E-state index in [-0.39, 0.29) is 33.0 Å². The predicted octanol–water partition coefficient (Wildman–Crippen LogP) is 4.60. The molecule has 1 aliphatic carbocycles. The van der Waals surface area contributed by atoms with E-state index in [0.717, 1.165) is 18.9 Å². The van der Waals surface area contributed by atoms with E-state index in [0.29, 0.717) is 31.8 Å². The lowest BCUT2D eigenvalue weighted by atomic mass is 10.0. The standard InChI is InChI=1S/C21H19ClF3NO4S/c22-15-4-3-12(21(27)26-14-8-16(23)19(25)17(24)9-14)7-18(15)31(28,29)20-11-1-2-13(20)10-30-6-5-11/h3-4,7-9,11,13,20H,1-2,5-6,10H2,(H,26,27)/t11-,13?,20?/m0/s1. The van der Waals surface area contributed by atoms with Crippen LogP contribution in [0.4, 0.5) is 18.9 Å². The third kappa shape index (κ3) is 4.18. The van der Waals surface area contributed by atoms with Gasteiger partial charge in [0.15, 0.2) is 27.3 Å². The van der Waals surface area contributed by atoms with E-state index in [1.54, 1.807) is 0 Å². The molecule has 166 valence electrons. The van der Waals surface area contributed by atoms with E-state index >= 15 is 0 Å². The van der Waals surface area contributed by atoms with Crippen molar-refractivity contribution in [3.8, 4) is 0 Å². The summed E-state index contributed by atoms with van der Waals surface area (Å²) >= 11 is 6.20. The highest BCUT2D eigenvalue weighted by molar-refractivity contribution is 7.92. The molecule has 2 bridgehead atoms. The normalized spacial score (nSPS) is 23.4. The molecule has 10 heteroatoms. The molecule has 0 aromatic heterocycles. The molecule has 1 saturated heterocycles. The summed E-state index contributed by atoms with van der Waals surface area (Å²) in [6.45, 7) is 0.869. The maximum Gasteiger partial charge on any atom is 0.255 e. The number of sulfone groups is 1. The molecule has 2 aromatic rings. The van der Waals surface area contributed by atoms with Gasteiger partial charge in [-0.05, 0) is 49.3 Å². The number of anilines is 1. The van der Waals surface area contributed by atoms with E-state index < -0.39 is 38.4 Å². The fraction of sp³-hybridized carbons (Fsp3) is 0.381. The number of hydrogen-bond acceptors (Lipinski definition) is 4. The lowest BCUT2D eigenvalue weighted by Gasteiger charge is -2.22. The first-order chi connectivity index (χ1) is 14.7. The number of halogens is 4. The summed E-state index contributed by atoms with van der Waals surface area (Å²) in [6, 6.07) is 5.02. The quantitative estimate of drug-likeness (QED) is 0.659. The average Bonchev–Trinajstić information content (AvgIpc) is 2.99. The molecule has 2 fully saturated rings. The maximum absolute atomic E-state index is 13.5. The summed E-state index contributed by atoms with van der Waals surface area (Å²) in [7, 11) is -3.86. The van der Waals surface area contributed by atoms with E-state index in [2.05, 4.69) is 5.32 Å². The molecule has 2 aliphatic rings. The van der Waals surface area contributed by atoms with Crippen LogP contribution in [0, 0.1) is 29.3 Å². The molecule has 1 amide bonds. The van der Waals surface area contributed by atoms with Gasteiger partial charge in [-0.15, -0.1) is 0 Å². The van der Waals surface area contributed by atoms with Gasteiger partial charge < -0.3 is 10.1 Å². The van der Waals surface area contributed by atoms with Gasteiger partial charge in [-0.1, -0.05) is 11.6 Å². The molecule has 0 radical (unpaired) electrons. The Hall–Kier alpha value is -2.10. The lowest BCUT2D eigenvalue weighted by Crippen LogP contribution is -2.32. The molecule has 3 atom stereocenters. The van der Waals surface area contributed by atoms with Gasteiger partial charge in [-0.3, -0.25) is 4.79 Å². The van der Waals surface area contributed by atoms with Gasteiger partial charge in [0.05, 0.1) is 21.8 Å². The number of carbonyl (C=O) groups excluding carboxylic acids is 1. The Kier molecular flexibility index (Phi) is 6.02. The monoisotopic (exact) mass is 473 g/mol. The van der Waals surface area contributed by atoms with Crippen LogP contribution < -0.4 is 5.32 Å². The molecule has 1 saturated carbocycles. The van der Waals surface area contributed by atoms with Crippen LogP contribution in [0.5, 0.6) is 0 Å². The van der Waals surface area contributed by atoms with Gasteiger partial charge in [0.1, 0.15) is 0 Å². The number of nitrogens with one attached hydrogen (secondary N) is 1. The van der Waals surface area contributed by atoms with Crippen molar-refractivity contribution < 1.29 is 31.1 Å². The van der Waals surface area contributed by atoms with E-state index in [1.807, 2.05) is 0 Å². The van der Waals surface area contributed by atoms with Crippen LogP contribution in [0.1, 0.15) is 29.6 Å². The summed E-state index contributed by atoms with van der Waals surface area (Å²) in [5.41, 5.74) is -0.370. The maximum atomic E-state index is 13.5. The second kappa shape index (κ2) is 8.44. The summed E-state index contributed by atoms with van der Waals surface area (Å²) in [5, 5.41) is 1.58. The molecular formula is C21H19ClF3NO4S. The molecule has 2 aromatic carbocycles. The Labute approximate surface area is 182 Å². The first-order valence-electron chi connectivity index (χ1n) is 9.75. The third-order valence-electron chi connectivity index (χ3n) is 5.90. The minimum Gasteiger partial charge on any atom is -0.381 e. The number of benzene rings is 2. The Bertz CT molecular complexity index is 1100. The molecule has 1 heterocycles. The van der Waals surface area contributed by atoms with Gasteiger partial charge in [0.2, 0.25) is 0 Å². The summed E-state index contributed by atoms with van der Waals surface area (Å²) in [4.78, 5) is 12.4. The Morgan fingerprint density at radius 1 is 1.03 bits per heavy atom. The van der Waals surface area contributed by atoms with Gasteiger partial charge in [-0.25, -0.2) is 21.6 Å². The Morgan fingerprint density at radius 3 is 2.42 bits per heavy atom. The Balaban J connectivity index is 1.65. The first kappa shape index (κ1) is 22.1. The van der Waals surface area contributed by atoms with Crippen molar-refractivity contribution in [2.75, 3.05) is 18.5 Å². The van der Waals surface area contributed by atoms with Crippen molar-refractivity contribution in [3.05, 3.63) is 58.4 Å². The number of hydrogen-bond donors (Lipinski definition) is 1. The molecule has 1 aliphatic heterocycles. The van der Waals surface area contributed by atoms with Crippen LogP contribution in [0.2, 0.25) is 5.02 Å². The van der Waals surface area contributed by atoms with Crippen LogP contribution in [0.3, 0.4) is 0 Å². The van der Waals surface area contributed by atoms with Crippen LogP contribution in [-0.2, 0) is 14.6 Å². The van der Waals surface area contributed by atoms with Crippen LogP contribution >= 0.6 is 11.6 Å². The molecule has 0 spiro atoms. The highest BCUT2D eigenvalue weighted by Crippen LogP contribution is 2.43. The van der Waals surface area contributed by atoms with Gasteiger partial charge >= 0.3 is 0 Å². The number of rotatable bonds is 4. The molecule has 31 heavy (non-hydrogen) atoms. The zero-order valence-corrected chi connectivity index (χ0v) is 17.8. The minimum absolute atomic E-state index is 0.0139. The Morgan fingerprint density at radius 2 is 1.71 bits per heavy atom. The second-order valence-corrected chi connectivity index (χ2v) is 10.3. The van der Waals surface area contributed by atoms with Crippen molar-refractivity contribution in [1.29, 1.82) is 0 Å². The average molecular weight is 474 g/mol. The minimum atomic E-state index is -3.86.